The van der Waals surface area contributed by atoms with Crippen LogP contribution < -0.4 is 0 Å². The van der Waals surface area contributed by atoms with Crippen LogP contribution in [0.4, 0.5) is 0 Å². The summed E-state index contributed by atoms with van der Waals surface area (Å²) in [5.41, 5.74) is 6.44. The Morgan fingerprint density at radius 2 is 1.03 bits per heavy atom. The van der Waals surface area contributed by atoms with Crippen molar-refractivity contribution in [1.82, 2.24) is 0 Å². The zero-order chi connectivity index (χ0) is 21.5. The Bertz CT molecular complexity index is 1560. The van der Waals surface area contributed by atoms with Crippen LogP contribution in [0.5, 0.6) is 0 Å². The lowest BCUT2D eigenvalue weighted by Gasteiger charge is -2.12. The van der Waals surface area contributed by atoms with Gasteiger partial charge in [-0.15, -0.1) is 0 Å². The molecule has 0 radical (unpaired) electrons. The van der Waals surface area contributed by atoms with Crippen molar-refractivity contribution in [1.29, 1.82) is 0 Å². The van der Waals surface area contributed by atoms with Gasteiger partial charge in [0, 0.05) is 0 Å². The summed E-state index contributed by atoms with van der Waals surface area (Å²) in [5.74, 6) is 0. The topological polar surface area (TPSA) is 0 Å². The van der Waals surface area contributed by atoms with Crippen LogP contribution in [0, 0.1) is 0 Å². The van der Waals surface area contributed by atoms with E-state index in [0.717, 1.165) is 5.56 Å². The number of hydrogen-bond acceptors (Lipinski definition) is 0. The predicted molar refractivity (Wildman–Crippen MR) is 141 cm³/mol. The van der Waals surface area contributed by atoms with Gasteiger partial charge >= 0.3 is 0 Å². The second kappa shape index (κ2) is 7.51. The van der Waals surface area contributed by atoms with Gasteiger partial charge in [0.1, 0.15) is 0 Å². The average Bonchev–Trinajstić information content (AvgIpc) is 2.84. The highest BCUT2D eigenvalue weighted by atomic mass is 14.1. The van der Waals surface area contributed by atoms with Gasteiger partial charge < -0.3 is 0 Å². The van der Waals surface area contributed by atoms with E-state index in [4.69, 9.17) is 0 Å². The van der Waals surface area contributed by atoms with Crippen LogP contribution in [0.2, 0.25) is 0 Å². The van der Waals surface area contributed by atoms with Crippen molar-refractivity contribution in [2.45, 2.75) is 0 Å². The van der Waals surface area contributed by atoms with E-state index in [1.807, 2.05) is 6.08 Å². The zero-order valence-electron chi connectivity index (χ0n) is 17.8. The highest BCUT2D eigenvalue weighted by molar-refractivity contribution is 6.24. The van der Waals surface area contributed by atoms with Crippen LogP contribution in [-0.4, -0.2) is 0 Å². The largest absolute Gasteiger partial charge is 0.0985 e. The molecule has 0 N–H and O–H groups in total. The second-order valence-electron chi connectivity index (χ2n) is 8.29. The molecule has 7 rings (SSSR count). The molecule has 0 fully saturated rings. The summed E-state index contributed by atoms with van der Waals surface area (Å²) in [6.45, 7) is 3.81. The molecular formula is C32H22. The minimum atomic E-state index is 1.14. The fraction of sp³-hybridized carbons (Fsp3) is 0. The molecule has 0 saturated carbocycles. The maximum absolute atomic E-state index is 3.81. The van der Waals surface area contributed by atoms with E-state index >= 15 is 0 Å². The summed E-state index contributed by atoms with van der Waals surface area (Å²) < 4.78 is 0. The third kappa shape index (κ3) is 3.09. The molecule has 2 aliphatic carbocycles. The number of benzene rings is 6. The van der Waals surface area contributed by atoms with Crippen molar-refractivity contribution in [2.24, 2.45) is 0 Å². The average molecular weight is 407 g/mol. The van der Waals surface area contributed by atoms with Gasteiger partial charge in [-0.25, -0.2) is 0 Å². The molecule has 0 amide bonds. The Labute approximate surface area is 188 Å². The molecular weight excluding hydrogens is 384 g/mol. The van der Waals surface area contributed by atoms with E-state index in [1.165, 1.54) is 54.6 Å². The van der Waals surface area contributed by atoms with Gasteiger partial charge in [-0.05, 0) is 60.1 Å². The number of fused-ring (bicyclic) bond motifs is 1. The molecule has 0 saturated heterocycles. The maximum atomic E-state index is 3.81. The second-order valence-corrected chi connectivity index (χ2v) is 8.29. The van der Waals surface area contributed by atoms with Gasteiger partial charge in [0.2, 0.25) is 0 Å². The lowest BCUT2D eigenvalue weighted by Crippen LogP contribution is -1.86. The quantitative estimate of drug-likeness (QED) is 0.203. The van der Waals surface area contributed by atoms with E-state index in [9.17, 15) is 0 Å². The molecule has 0 heteroatoms. The Balaban J connectivity index is 0.000000279. The molecule has 0 heterocycles. The monoisotopic (exact) mass is 406 g/mol. The third-order valence-corrected chi connectivity index (χ3v) is 6.41. The first-order valence-corrected chi connectivity index (χ1v) is 11.0. The molecule has 0 aliphatic heterocycles. The van der Waals surface area contributed by atoms with Crippen LogP contribution in [0.3, 0.4) is 0 Å². The van der Waals surface area contributed by atoms with E-state index in [2.05, 4.69) is 122 Å². The predicted octanol–water partition coefficient (Wildman–Crippen LogP) is 9.06. The molecule has 32 heavy (non-hydrogen) atoms. The number of hydrogen-bond donors (Lipinski definition) is 0. The summed E-state index contributed by atoms with van der Waals surface area (Å²) in [5, 5.41) is 7.96. The SMILES string of the molecule is C=Cc1ccc(C=Cc2ccc3ccc4cccc5ccc2c3c45)cc1.c1cc2ccc1-2. The molecule has 0 bridgehead atoms. The third-order valence-electron chi connectivity index (χ3n) is 6.41. The lowest BCUT2D eigenvalue weighted by molar-refractivity contribution is 1.55. The van der Waals surface area contributed by atoms with Gasteiger partial charge in [0.25, 0.3) is 0 Å². The molecule has 0 unspecified atom stereocenters. The first-order chi connectivity index (χ1) is 15.8. The van der Waals surface area contributed by atoms with Crippen LogP contribution >= 0.6 is 0 Å². The molecule has 0 aromatic heterocycles. The van der Waals surface area contributed by atoms with Crippen molar-refractivity contribution >= 4 is 50.5 Å². The highest BCUT2D eigenvalue weighted by Crippen LogP contribution is 2.36. The van der Waals surface area contributed by atoms with E-state index in [-0.39, 0.29) is 0 Å². The zero-order valence-corrected chi connectivity index (χ0v) is 17.8. The molecule has 0 spiro atoms. The maximum Gasteiger partial charge on any atom is -0.00208 e. The number of rotatable bonds is 3. The summed E-state index contributed by atoms with van der Waals surface area (Å²) in [7, 11) is 0. The summed E-state index contributed by atoms with van der Waals surface area (Å²) in [6.07, 6.45) is 6.27. The highest BCUT2D eigenvalue weighted by Gasteiger charge is 2.09. The fourth-order valence-corrected chi connectivity index (χ4v) is 4.50. The van der Waals surface area contributed by atoms with E-state index in [1.54, 1.807) is 0 Å². The van der Waals surface area contributed by atoms with Crippen molar-refractivity contribution in [3.05, 3.63) is 126 Å². The lowest BCUT2D eigenvalue weighted by atomic mass is 9.92. The molecule has 0 atom stereocenters. The van der Waals surface area contributed by atoms with Crippen LogP contribution in [0.15, 0.2) is 110 Å². The van der Waals surface area contributed by atoms with Gasteiger partial charge in [-0.1, -0.05) is 128 Å². The smallest absolute Gasteiger partial charge is 0.00208 e. The Morgan fingerprint density at radius 3 is 1.62 bits per heavy atom. The van der Waals surface area contributed by atoms with Crippen molar-refractivity contribution < 1.29 is 0 Å². The van der Waals surface area contributed by atoms with E-state index < -0.39 is 0 Å². The first kappa shape index (κ1) is 18.6. The minimum Gasteiger partial charge on any atom is -0.0985 e. The van der Waals surface area contributed by atoms with Crippen LogP contribution in [0.1, 0.15) is 16.7 Å². The summed E-state index contributed by atoms with van der Waals surface area (Å²) in [4.78, 5) is 0. The standard InChI is InChI=1S/C26H18.C6H4/c1-2-18-6-8-19(9-7-18)10-11-20-12-13-23-15-14-21-4-3-5-22-16-17-24(20)26(23)25(21)22;1-2-6-4-3-5(1)6/h2-17H,1H2;1-4H. The molecule has 0 nitrogen and oxygen atoms in total. The molecule has 5 aromatic rings. The van der Waals surface area contributed by atoms with Crippen molar-refractivity contribution in [3.63, 3.8) is 0 Å². The van der Waals surface area contributed by atoms with Gasteiger partial charge in [0.05, 0.1) is 0 Å². The normalized spacial score (nSPS) is 11.8. The molecule has 2 aliphatic rings. The Kier molecular flexibility index (Phi) is 4.37. The molecule has 150 valence electrons. The Hall–Kier alpha value is -4.16. The molecule has 5 aromatic carbocycles. The van der Waals surface area contributed by atoms with Crippen LogP contribution in [-0.2, 0) is 0 Å². The van der Waals surface area contributed by atoms with Gasteiger partial charge in [-0.2, -0.15) is 0 Å². The summed E-state index contributed by atoms with van der Waals surface area (Å²) in [6, 6.07) is 36.9. The summed E-state index contributed by atoms with van der Waals surface area (Å²) >= 11 is 0. The minimum absolute atomic E-state index is 1.14. The van der Waals surface area contributed by atoms with Gasteiger partial charge in [-0.3, -0.25) is 0 Å². The Morgan fingerprint density at radius 1 is 0.469 bits per heavy atom. The van der Waals surface area contributed by atoms with Gasteiger partial charge in [0.15, 0.2) is 0 Å². The van der Waals surface area contributed by atoms with Crippen molar-refractivity contribution in [2.75, 3.05) is 0 Å². The van der Waals surface area contributed by atoms with E-state index in [0.29, 0.717) is 0 Å². The fourth-order valence-electron chi connectivity index (χ4n) is 4.50. The van der Waals surface area contributed by atoms with Crippen molar-refractivity contribution in [3.8, 4) is 11.1 Å². The first-order valence-electron chi connectivity index (χ1n) is 11.0. The van der Waals surface area contributed by atoms with Crippen LogP contribution in [0.25, 0.3) is 61.7 Å².